The molecule has 0 amide bonds. The molecule has 0 aliphatic carbocycles. The Balaban J connectivity index is 3.44. The highest BCUT2D eigenvalue weighted by molar-refractivity contribution is 6.17. The average molecular weight is 208 g/mol. The Labute approximate surface area is 87.2 Å². The fourth-order valence-electron chi connectivity index (χ4n) is 1.08. The third kappa shape index (κ3) is 6.30. The summed E-state index contributed by atoms with van der Waals surface area (Å²) in [5, 5.41) is 0. The average Bonchev–Trinajstić information content (AvgIpc) is 2.10. The Morgan fingerprint density at radius 1 is 1.23 bits per heavy atom. The minimum atomic E-state index is 0.587. The molecule has 3 heteroatoms. The minimum Gasteiger partial charge on any atom is -0.379 e. The number of likely N-dealkylation sites (N-methyl/N-ethyl adjacent to an activating group) is 1. The Morgan fingerprint density at radius 3 is 2.31 bits per heavy atom. The summed E-state index contributed by atoms with van der Waals surface area (Å²) in [6, 6.07) is 0.611. The molecule has 0 fully saturated rings. The zero-order valence-electron chi connectivity index (χ0n) is 9.22. The van der Waals surface area contributed by atoms with Gasteiger partial charge in [-0.15, -0.1) is 11.6 Å². The third-order valence-electron chi connectivity index (χ3n) is 2.47. The second-order valence-corrected chi connectivity index (χ2v) is 4.14. The van der Waals surface area contributed by atoms with Crippen LogP contribution in [0.2, 0.25) is 0 Å². The van der Waals surface area contributed by atoms with Crippen LogP contribution in [0.15, 0.2) is 0 Å². The Morgan fingerprint density at radius 2 is 1.85 bits per heavy atom. The predicted octanol–water partition coefficient (Wildman–Crippen LogP) is 2.22. The van der Waals surface area contributed by atoms with Crippen LogP contribution in [0.5, 0.6) is 0 Å². The van der Waals surface area contributed by atoms with E-state index in [-0.39, 0.29) is 0 Å². The van der Waals surface area contributed by atoms with E-state index in [1.165, 1.54) is 0 Å². The first-order valence-corrected chi connectivity index (χ1v) is 5.47. The molecule has 13 heavy (non-hydrogen) atoms. The topological polar surface area (TPSA) is 12.5 Å². The van der Waals surface area contributed by atoms with Crippen LogP contribution in [-0.4, -0.2) is 43.6 Å². The summed E-state index contributed by atoms with van der Waals surface area (Å²) >= 11 is 5.49. The van der Waals surface area contributed by atoms with Gasteiger partial charge in [0.2, 0.25) is 0 Å². The summed E-state index contributed by atoms with van der Waals surface area (Å²) in [5.74, 6) is 1.28. The van der Waals surface area contributed by atoms with Gasteiger partial charge in [0.15, 0.2) is 0 Å². The van der Waals surface area contributed by atoms with Crippen molar-refractivity contribution in [2.45, 2.75) is 26.8 Å². The molecule has 0 aliphatic rings. The molecule has 1 unspecified atom stereocenters. The van der Waals surface area contributed by atoms with Crippen molar-refractivity contribution in [2.75, 3.05) is 32.7 Å². The number of halogens is 1. The van der Waals surface area contributed by atoms with Crippen molar-refractivity contribution in [1.29, 1.82) is 0 Å². The molecule has 0 aromatic carbocycles. The first-order chi connectivity index (χ1) is 6.09. The Hall–Kier alpha value is 0.210. The lowest BCUT2D eigenvalue weighted by Crippen LogP contribution is -2.35. The molecular formula is C10H22ClNO. The van der Waals surface area contributed by atoms with Crippen molar-refractivity contribution in [1.82, 2.24) is 4.90 Å². The van der Waals surface area contributed by atoms with Crippen LogP contribution >= 0.6 is 11.6 Å². The predicted molar refractivity (Wildman–Crippen MR) is 58.5 cm³/mol. The van der Waals surface area contributed by atoms with E-state index in [1.54, 1.807) is 0 Å². The van der Waals surface area contributed by atoms with Crippen LogP contribution in [0.3, 0.4) is 0 Å². The molecule has 0 aliphatic heterocycles. The van der Waals surface area contributed by atoms with Crippen molar-refractivity contribution in [3.63, 3.8) is 0 Å². The normalized spacial score (nSPS) is 14.1. The Bertz CT molecular complexity index is 119. The molecule has 80 valence electrons. The fourth-order valence-corrected chi connectivity index (χ4v) is 1.19. The largest absolute Gasteiger partial charge is 0.379 e. The molecule has 0 saturated heterocycles. The molecule has 0 aromatic heterocycles. The van der Waals surface area contributed by atoms with Gasteiger partial charge in [-0.25, -0.2) is 0 Å². The second-order valence-electron chi connectivity index (χ2n) is 3.77. The van der Waals surface area contributed by atoms with E-state index in [0.717, 1.165) is 13.2 Å². The first kappa shape index (κ1) is 13.2. The maximum absolute atomic E-state index is 5.49. The van der Waals surface area contributed by atoms with Crippen LogP contribution in [-0.2, 0) is 4.74 Å². The minimum absolute atomic E-state index is 0.587. The van der Waals surface area contributed by atoms with Gasteiger partial charge in [0.05, 0.1) is 13.2 Å². The SMILES string of the molecule is CC(C)C(C)N(C)CCOCCCl. The smallest absolute Gasteiger partial charge is 0.0602 e. The van der Waals surface area contributed by atoms with E-state index < -0.39 is 0 Å². The molecule has 0 saturated carbocycles. The van der Waals surface area contributed by atoms with E-state index in [9.17, 15) is 0 Å². The van der Waals surface area contributed by atoms with Crippen molar-refractivity contribution < 1.29 is 4.74 Å². The molecule has 0 N–H and O–H groups in total. The summed E-state index contributed by atoms with van der Waals surface area (Å²) in [4.78, 5) is 2.32. The number of hydrogen-bond acceptors (Lipinski definition) is 2. The first-order valence-electron chi connectivity index (χ1n) is 4.93. The van der Waals surface area contributed by atoms with Crippen molar-refractivity contribution >= 4 is 11.6 Å². The van der Waals surface area contributed by atoms with Gasteiger partial charge in [-0.1, -0.05) is 13.8 Å². The van der Waals surface area contributed by atoms with Gasteiger partial charge in [-0.05, 0) is 19.9 Å². The highest BCUT2D eigenvalue weighted by atomic mass is 35.5. The van der Waals surface area contributed by atoms with Gasteiger partial charge >= 0.3 is 0 Å². The van der Waals surface area contributed by atoms with Crippen LogP contribution in [0, 0.1) is 5.92 Å². The Kier molecular flexibility index (Phi) is 7.72. The molecule has 0 spiro atoms. The number of hydrogen-bond donors (Lipinski definition) is 0. The lowest BCUT2D eigenvalue weighted by molar-refractivity contribution is 0.102. The van der Waals surface area contributed by atoms with E-state index in [4.69, 9.17) is 16.3 Å². The molecule has 0 radical (unpaired) electrons. The summed E-state index contributed by atoms with van der Waals surface area (Å²) in [6.45, 7) is 9.13. The number of alkyl halides is 1. The summed E-state index contributed by atoms with van der Waals surface area (Å²) in [6.07, 6.45) is 0. The summed E-state index contributed by atoms with van der Waals surface area (Å²) in [5.41, 5.74) is 0. The van der Waals surface area contributed by atoms with Crippen molar-refractivity contribution in [3.8, 4) is 0 Å². The lowest BCUT2D eigenvalue weighted by atomic mass is 10.1. The van der Waals surface area contributed by atoms with Crippen LogP contribution in [0.25, 0.3) is 0 Å². The zero-order valence-corrected chi connectivity index (χ0v) is 9.97. The highest BCUT2D eigenvalue weighted by Crippen LogP contribution is 2.06. The molecule has 0 heterocycles. The van der Waals surface area contributed by atoms with Gasteiger partial charge in [0.1, 0.15) is 0 Å². The van der Waals surface area contributed by atoms with Crippen LogP contribution in [0.4, 0.5) is 0 Å². The van der Waals surface area contributed by atoms with Gasteiger partial charge in [0, 0.05) is 18.5 Å². The fraction of sp³-hybridized carbons (Fsp3) is 1.00. The lowest BCUT2D eigenvalue weighted by Gasteiger charge is -2.27. The third-order valence-corrected chi connectivity index (χ3v) is 2.62. The van der Waals surface area contributed by atoms with Gasteiger partial charge in [0.25, 0.3) is 0 Å². The maximum Gasteiger partial charge on any atom is 0.0602 e. The van der Waals surface area contributed by atoms with E-state index in [0.29, 0.717) is 24.4 Å². The summed E-state index contributed by atoms with van der Waals surface area (Å²) < 4.78 is 5.31. The molecule has 0 aromatic rings. The molecule has 0 bridgehead atoms. The number of nitrogens with zero attached hydrogens (tertiary/aromatic N) is 1. The van der Waals surface area contributed by atoms with Gasteiger partial charge in [-0.3, -0.25) is 0 Å². The van der Waals surface area contributed by atoms with Gasteiger partial charge in [-0.2, -0.15) is 0 Å². The summed E-state index contributed by atoms with van der Waals surface area (Å²) in [7, 11) is 2.13. The van der Waals surface area contributed by atoms with Crippen molar-refractivity contribution in [3.05, 3.63) is 0 Å². The van der Waals surface area contributed by atoms with E-state index in [2.05, 4.69) is 32.7 Å². The molecule has 0 rings (SSSR count). The van der Waals surface area contributed by atoms with E-state index in [1.807, 2.05) is 0 Å². The maximum atomic E-state index is 5.49. The second kappa shape index (κ2) is 7.60. The monoisotopic (exact) mass is 207 g/mol. The van der Waals surface area contributed by atoms with Gasteiger partial charge < -0.3 is 9.64 Å². The molecular weight excluding hydrogens is 186 g/mol. The molecule has 2 nitrogen and oxygen atoms in total. The standard InChI is InChI=1S/C10H22ClNO/c1-9(2)10(3)12(4)6-8-13-7-5-11/h9-10H,5-8H2,1-4H3. The zero-order chi connectivity index (χ0) is 10.3. The highest BCUT2D eigenvalue weighted by Gasteiger charge is 2.11. The van der Waals surface area contributed by atoms with Crippen molar-refractivity contribution in [2.24, 2.45) is 5.92 Å². The number of rotatable bonds is 7. The van der Waals surface area contributed by atoms with Crippen LogP contribution < -0.4 is 0 Å². The number of ether oxygens (including phenoxy) is 1. The van der Waals surface area contributed by atoms with E-state index >= 15 is 0 Å². The van der Waals surface area contributed by atoms with Crippen LogP contribution in [0.1, 0.15) is 20.8 Å². The quantitative estimate of drug-likeness (QED) is 0.469. The molecule has 1 atom stereocenters.